The van der Waals surface area contributed by atoms with Crippen LogP contribution in [0.15, 0.2) is 24.3 Å². The Morgan fingerprint density at radius 2 is 2.10 bits per heavy atom. The van der Waals surface area contributed by atoms with E-state index in [1.54, 1.807) is 0 Å². The summed E-state index contributed by atoms with van der Waals surface area (Å²) in [5.41, 5.74) is 3.51. The SMILES string of the molecule is Cc1nc(C)c(C(=O)N(C)[C@H]2CCc3ccccc32)s1. The summed E-state index contributed by atoms with van der Waals surface area (Å²) in [5, 5.41) is 0.950. The zero-order valence-electron chi connectivity index (χ0n) is 12.0. The molecule has 0 bridgehead atoms. The van der Waals surface area contributed by atoms with Crippen LogP contribution in [0.25, 0.3) is 0 Å². The van der Waals surface area contributed by atoms with Gasteiger partial charge < -0.3 is 4.90 Å². The highest BCUT2D eigenvalue weighted by atomic mass is 32.1. The number of thiazole rings is 1. The minimum Gasteiger partial charge on any atom is -0.334 e. The second kappa shape index (κ2) is 5.02. The molecule has 0 saturated carbocycles. The third-order valence-corrected chi connectivity index (χ3v) is 5.05. The standard InChI is InChI=1S/C16H18N2OS/c1-10-15(20-11(2)17-10)16(19)18(3)14-9-8-12-6-4-5-7-13(12)14/h4-7,14H,8-9H2,1-3H3/t14-/m0/s1. The Hall–Kier alpha value is -1.68. The molecule has 4 heteroatoms. The summed E-state index contributed by atoms with van der Waals surface area (Å²) >= 11 is 1.49. The minimum atomic E-state index is 0.0924. The highest BCUT2D eigenvalue weighted by Crippen LogP contribution is 2.36. The summed E-state index contributed by atoms with van der Waals surface area (Å²) in [7, 11) is 1.91. The van der Waals surface area contributed by atoms with Gasteiger partial charge in [0.2, 0.25) is 0 Å². The van der Waals surface area contributed by atoms with Crippen LogP contribution in [-0.2, 0) is 6.42 Å². The first kappa shape index (κ1) is 13.3. The van der Waals surface area contributed by atoms with Crippen molar-refractivity contribution in [1.29, 1.82) is 0 Å². The second-order valence-corrected chi connectivity index (χ2v) is 6.52. The van der Waals surface area contributed by atoms with Crippen molar-refractivity contribution in [2.24, 2.45) is 0 Å². The zero-order valence-corrected chi connectivity index (χ0v) is 12.8. The fourth-order valence-electron chi connectivity index (χ4n) is 2.97. The number of benzene rings is 1. The van der Waals surface area contributed by atoms with Crippen LogP contribution in [-0.4, -0.2) is 22.8 Å². The van der Waals surface area contributed by atoms with Crippen LogP contribution >= 0.6 is 11.3 Å². The van der Waals surface area contributed by atoms with Gasteiger partial charge in [0.05, 0.1) is 16.7 Å². The summed E-state index contributed by atoms with van der Waals surface area (Å²) in [5.74, 6) is 0.0924. The van der Waals surface area contributed by atoms with Crippen molar-refractivity contribution in [3.8, 4) is 0 Å². The molecule has 0 radical (unpaired) electrons. The molecule has 1 aliphatic carbocycles. The Bertz CT molecular complexity index is 662. The molecule has 1 amide bonds. The third-order valence-electron chi connectivity index (χ3n) is 3.99. The molecule has 3 rings (SSSR count). The van der Waals surface area contributed by atoms with Gasteiger partial charge in [0.1, 0.15) is 4.88 Å². The van der Waals surface area contributed by atoms with E-state index >= 15 is 0 Å². The first-order valence-corrected chi connectivity index (χ1v) is 7.68. The molecule has 1 aromatic heterocycles. The number of carbonyl (C=O) groups is 1. The number of hydrogen-bond acceptors (Lipinski definition) is 3. The minimum absolute atomic E-state index is 0.0924. The number of aryl methyl sites for hydroxylation is 3. The molecule has 0 fully saturated rings. The van der Waals surface area contributed by atoms with Gasteiger partial charge in [0.25, 0.3) is 5.91 Å². The number of hydrogen-bond donors (Lipinski definition) is 0. The lowest BCUT2D eigenvalue weighted by Crippen LogP contribution is -2.30. The summed E-state index contributed by atoms with van der Waals surface area (Å²) in [6.07, 6.45) is 2.07. The summed E-state index contributed by atoms with van der Waals surface area (Å²) in [6, 6.07) is 8.62. The molecule has 1 aliphatic rings. The lowest BCUT2D eigenvalue weighted by atomic mass is 10.1. The Kier molecular flexibility index (Phi) is 3.34. The Balaban J connectivity index is 1.89. The molecule has 20 heavy (non-hydrogen) atoms. The third kappa shape index (κ3) is 2.14. The van der Waals surface area contributed by atoms with Gasteiger partial charge in [-0.3, -0.25) is 4.79 Å². The Morgan fingerprint density at radius 1 is 1.35 bits per heavy atom. The van der Waals surface area contributed by atoms with Gasteiger partial charge in [-0.05, 0) is 37.8 Å². The first-order valence-electron chi connectivity index (χ1n) is 6.87. The number of fused-ring (bicyclic) bond motifs is 1. The highest BCUT2D eigenvalue weighted by Gasteiger charge is 2.30. The van der Waals surface area contributed by atoms with Crippen LogP contribution in [0.4, 0.5) is 0 Å². The van der Waals surface area contributed by atoms with Crippen LogP contribution in [0.3, 0.4) is 0 Å². The van der Waals surface area contributed by atoms with Crippen LogP contribution < -0.4 is 0 Å². The number of amides is 1. The van der Waals surface area contributed by atoms with E-state index in [9.17, 15) is 4.79 Å². The van der Waals surface area contributed by atoms with E-state index in [0.29, 0.717) is 0 Å². The molecule has 104 valence electrons. The van der Waals surface area contributed by atoms with E-state index in [1.165, 1.54) is 22.5 Å². The van der Waals surface area contributed by atoms with Crippen molar-refractivity contribution in [2.45, 2.75) is 32.7 Å². The lowest BCUT2D eigenvalue weighted by Gasteiger charge is -2.25. The van der Waals surface area contributed by atoms with Crippen molar-refractivity contribution in [2.75, 3.05) is 7.05 Å². The van der Waals surface area contributed by atoms with Crippen molar-refractivity contribution in [3.63, 3.8) is 0 Å². The average Bonchev–Trinajstić information content (AvgIpc) is 3.00. The number of rotatable bonds is 2. The fraction of sp³-hybridized carbons (Fsp3) is 0.375. The molecular weight excluding hydrogens is 268 g/mol. The maximum absolute atomic E-state index is 12.7. The molecular formula is C16H18N2OS. The average molecular weight is 286 g/mol. The number of aromatic nitrogens is 1. The van der Waals surface area contributed by atoms with E-state index < -0.39 is 0 Å². The predicted molar refractivity (Wildman–Crippen MR) is 81.2 cm³/mol. The van der Waals surface area contributed by atoms with E-state index in [2.05, 4.69) is 29.2 Å². The molecule has 0 spiro atoms. The largest absolute Gasteiger partial charge is 0.334 e. The molecule has 1 heterocycles. The monoisotopic (exact) mass is 286 g/mol. The van der Waals surface area contributed by atoms with Crippen LogP contribution in [0.5, 0.6) is 0 Å². The van der Waals surface area contributed by atoms with Gasteiger partial charge in [-0.2, -0.15) is 0 Å². The second-order valence-electron chi connectivity index (χ2n) is 5.32. The molecule has 3 nitrogen and oxygen atoms in total. The van der Waals surface area contributed by atoms with Gasteiger partial charge >= 0.3 is 0 Å². The number of nitrogens with zero attached hydrogens (tertiary/aromatic N) is 2. The van der Waals surface area contributed by atoms with Gasteiger partial charge in [0.15, 0.2) is 0 Å². The summed E-state index contributed by atoms with van der Waals surface area (Å²) < 4.78 is 0. The zero-order chi connectivity index (χ0) is 14.3. The molecule has 1 atom stereocenters. The van der Waals surface area contributed by atoms with Crippen molar-refractivity contribution < 1.29 is 4.79 Å². The smallest absolute Gasteiger partial charge is 0.266 e. The maximum atomic E-state index is 12.7. The molecule has 2 aromatic rings. The van der Waals surface area contributed by atoms with E-state index in [0.717, 1.165) is 28.4 Å². The predicted octanol–water partition coefficient (Wildman–Crippen LogP) is 3.52. The molecule has 0 unspecified atom stereocenters. The Labute approximate surface area is 123 Å². The van der Waals surface area contributed by atoms with Gasteiger partial charge in [-0.15, -0.1) is 11.3 Å². The van der Waals surface area contributed by atoms with E-state index in [1.807, 2.05) is 25.8 Å². The van der Waals surface area contributed by atoms with Gasteiger partial charge in [0, 0.05) is 7.05 Å². The highest BCUT2D eigenvalue weighted by molar-refractivity contribution is 7.13. The quantitative estimate of drug-likeness (QED) is 0.846. The maximum Gasteiger partial charge on any atom is 0.266 e. The normalized spacial score (nSPS) is 17.1. The molecule has 0 saturated heterocycles. The summed E-state index contributed by atoms with van der Waals surface area (Å²) in [4.78, 5) is 19.7. The topological polar surface area (TPSA) is 33.2 Å². The molecule has 0 aliphatic heterocycles. The van der Waals surface area contributed by atoms with Crippen LogP contribution in [0.1, 0.15) is 44.0 Å². The van der Waals surface area contributed by atoms with Crippen LogP contribution in [0, 0.1) is 13.8 Å². The Morgan fingerprint density at radius 3 is 2.80 bits per heavy atom. The number of carbonyl (C=O) groups excluding carboxylic acids is 1. The lowest BCUT2D eigenvalue weighted by molar-refractivity contribution is 0.0734. The van der Waals surface area contributed by atoms with Crippen LogP contribution in [0.2, 0.25) is 0 Å². The van der Waals surface area contributed by atoms with Gasteiger partial charge in [-0.1, -0.05) is 24.3 Å². The van der Waals surface area contributed by atoms with Crippen molar-refractivity contribution >= 4 is 17.2 Å². The molecule has 1 aromatic carbocycles. The van der Waals surface area contributed by atoms with Crippen molar-refractivity contribution in [1.82, 2.24) is 9.88 Å². The first-order chi connectivity index (χ1) is 9.58. The summed E-state index contributed by atoms with van der Waals surface area (Å²) in [6.45, 7) is 3.85. The van der Waals surface area contributed by atoms with E-state index in [-0.39, 0.29) is 11.9 Å². The van der Waals surface area contributed by atoms with Gasteiger partial charge in [-0.25, -0.2) is 4.98 Å². The van der Waals surface area contributed by atoms with Crippen molar-refractivity contribution in [3.05, 3.63) is 51.0 Å². The van der Waals surface area contributed by atoms with E-state index in [4.69, 9.17) is 0 Å². The molecule has 0 N–H and O–H groups in total. The fourth-order valence-corrected chi connectivity index (χ4v) is 3.87.